The Bertz CT molecular complexity index is 395. The van der Waals surface area contributed by atoms with E-state index in [4.69, 9.17) is 0 Å². The van der Waals surface area contributed by atoms with Crippen molar-refractivity contribution in [2.24, 2.45) is 0 Å². The molecule has 0 aliphatic heterocycles. The number of aryl methyl sites for hydroxylation is 1. The quantitative estimate of drug-likeness (QED) is 0.719. The summed E-state index contributed by atoms with van der Waals surface area (Å²) in [6, 6.07) is 3.87. The van der Waals surface area contributed by atoms with Crippen molar-refractivity contribution < 1.29 is 0 Å². The van der Waals surface area contributed by atoms with Crippen molar-refractivity contribution in [3.8, 4) is 11.3 Å². The van der Waals surface area contributed by atoms with Gasteiger partial charge in [0.25, 0.3) is 0 Å². The maximum absolute atomic E-state index is 4.32. The Morgan fingerprint density at radius 1 is 1.14 bits per heavy atom. The molecule has 2 rings (SSSR count). The molecule has 2 aromatic rings. The van der Waals surface area contributed by atoms with E-state index in [2.05, 4.69) is 21.9 Å². The van der Waals surface area contributed by atoms with E-state index >= 15 is 0 Å². The second-order valence-electron chi connectivity index (χ2n) is 2.99. The fourth-order valence-corrected chi connectivity index (χ4v) is 1.20. The second kappa shape index (κ2) is 3.96. The Balaban J connectivity index is 2.34. The van der Waals surface area contributed by atoms with Crippen molar-refractivity contribution >= 4 is 0 Å². The summed E-state index contributed by atoms with van der Waals surface area (Å²) in [5.74, 6) is 0. The molecule has 70 valence electrons. The molecular weight excluding hydrogens is 174 g/mol. The molecule has 0 atom stereocenters. The Morgan fingerprint density at radius 3 is 2.64 bits per heavy atom. The van der Waals surface area contributed by atoms with Crippen LogP contribution in [-0.4, -0.2) is 15.0 Å². The molecule has 3 nitrogen and oxygen atoms in total. The summed E-state index contributed by atoms with van der Waals surface area (Å²) in [6.07, 6.45) is 8.05. The maximum Gasteiger partial charge on any atom is 0.0900 e. The minimum Gasteiger partial charge on any atom is -0.264 e. The van der Waals surface area contributed by atoms with Crippen LogP contribution in [-0.2, 0) is 6.42 Å². The molecular formula is C11H11N3. The Kier molecular flexibility index (Phi) is 2.49. The van der Waals surface area contributed by atoms with Crippen LogP contribution in [0.25, 0.3) is 11.3 Å². The van der Waals surface area contributed by atoms with Gasteiger partial charge in [0.15, 0.2) is 0 Å². The molecule has 0 unspecified atom stereocenters. The molecule has 0 N–H and O–H groups in total. The van der Waals surface area contributed by atoms with E-state index in [-0.39, 0.29) is 0 Å². The van der Waals surface area contributed by atoms with Gasteiger partial charge in [0.05, 0.1) is 17.6 Å². The summed E-state index contributed by atoms with van der Waals surface area (Å²) in [7, 11) is 0. The smallest absolute Gasteiger partial charge is 0.0900 e. The fraction of sp³-hybridized carbons (Fsp3) is 0.182. The molecule has 0 radical (unpaired) electrons. The maximum atomic E-state index is 4.32. The van der Waals surface area contributed by atoms with Crippen LogP contribution in [0.5, 0.6) is 0 Å². The highest BCUT2D eigenvalue weighted by atomic mass is 14.8. The normalized spacial score (nSPS) is 10.1. The molecule has 0 aliphatic carbocycles. The first-order chi connectivity index (χ1) is 6.90. The molecule has 0 saturated carbocycles. The first-order valence-corrected chi connectivity index (χ1v) is 4.61. The van der Waals surface area contributed by atoms with E-state index in [1.807, 2.05) is 18.3 Å². The third-order valence-electron chi connectivity index (χ3n) is 2.02. The van der Waals surface area contributed by atoms with Crippen molar-refractivity contribution in [2.75, 3.05) is 0 Å². The van der Waals surface area contributed by atoms with Crippen LogP contribution in [0.4, 0.5) is 0 Å². The van der Waals surface area contributed by atoms with E-state index in [9.17, 15) is 0 Å². The molecule has 14 heavy (non-hydrogen) atoms. The first kappa shape index (κ1) is 8.81. The number of rotatable bonds is 2. The minimum atomic E-state index is 0.871. The topological polar surface area (TPSA) is 38.7 Å². The van der Waals surface area contributed by atoms with Crippen LogP contribution >= 0.6 is 0 Å². The van der Waals surface area contributed by atoms with Crippen molar-refractivity contribution in [1.29, 1.82) is 0 Å². The zero-order valence-electron chi connectivity index (χ0n) is 8.01. The molecule has 0 spiro atoms. The molecule has 0 aromatic carbocycles. The molecule has 2 aromatic heterocycles. The summed E-state index contributed by atoms with van der Waals surface area (Å²) in [5, 5.41) is 0. The lowest BCUT2D eigenvalue weighted by molar-refractivity contribution is 1.00. The average molecular weight is 185 g/mol. The zero-order valence-corrected chi connectivity index (χ0v) is 8.01. The SMILES string of the molecule is CCc1cnc(-c2cccnc2)cn1. The highest BCUT2D eigenvalue weighted by molar-refractivity contribution is 5.55. The van der Waals surface area contributed by atoms with Crippen molar-refractivity contribution in [2.45, 2.75) is 13.3 Å². The molecule has 2 heterocycles. The molecule has 0 aliphatic rings. The van der Waals surface area contributed by atoms with Gasteiger partial charge in [0.1, 0.15) is 0 Å². The molecule has 0 amide bonds. The molecule has 0 fully saturated rings. The van der Waals surface area contributed by atoms with Gasteiger partial charge in [-0.3, -0.25) is 15.0 Å². The Morgan fingerprint density at radius 2 is 2.07 bits per heavy atom. The summed E-state index contributed by atoms with van der Waals surface area (Å²) in [4.78, 5) is 12.6. The highest BCUT2D eigenvalue weighted by Crippen LogP contribution is 2.13. The fourth-order valence-electron chi connectivity index (χ4n) is 1.20. The van der Waals surface area contributed by atoms with Gasteiger partial charge in [-0.05, 0) is 18.6 Å². The van der Waals surface area contributed by atoms with Gasteiger partial charge in [-0.2, -0.15) is 0 Å². The Hall–Kier alpha value is -1.77. The van der Waals surface area contributed by atoms with E-state index < -0.39 is 0 Å². The van der Waals surface area contributed by atoms with Crippen LogP contribution in [0.15, 0.2) is 36.9 Å². The minimum absolute atomic E-state index is 0.871. The lowest BCUT2D eigenvalue weighted by Crippen LogP contribution is -1.91. The van der Waals surface area contributed by atoms with Crippen molar-refractivity contribution in [1.82, 2.24) is 15.0 Å². The lowest BCUT2D eigenvalue weighted by atomic mass is 10.2. The third kappa shape index (κ3) is 1.76. The monoisotopic (exact) mass is 185 g/mol. The van der Waals surface area contributed by atoms with Crippen LogP contribution in [0.1, 0.15) is 12.6 Å². The summed E-state index contributed by atoms with van der Waals surface area (Å²) < 4.78 is 0. The molecule has 3 heteroatoms. The summed E-state index contributed by atoms with van der Waals surface area (Å²) >= 11 is 0. The number of pyridine rings is 1. The van der Waals surface area contributed by atoms with Crippen LogP contribution in [0, 0.1) is 0 Å². The average Bonchev–Trinajstić information content (AvgIpc) is 2.30. The van der Waals surface area contributed by atoms with Gasteiger partial charge in [0, 0.05) is 24.2 Å². The number of aromatic nitrogens is 3. The van der Waals surface area contributed by atoms with E-state index in [1.54, 1.807) is 18.6 Å². The third-order valence-corrected chi connectivity index (χ3v) is 2.02. The largest absolute Gasteiger partial charge is 0.264 e. The molecule has 0 saturated heterocycles. The van der Waals surface area contributed by atoms with Crippen molar-refractivity contribution in [3.05, 3.63) is 42.6 Å². The van der Waals surface area contributed by atoms with E-state index in [0.29, 0.717) is 0 Å². The van der Waals surface area contributed by atoms with Crippen molar-refractivity contribution in [3.63, 3.8) is 0 Å². The first-order valence-electron chi connectivity index (χ1n) is 4.61. The van der Waals surface area contributed by atoms with Crippen LogP contribution < -0.4 is 0 Å². The van der Waals surface area contributed by atoms with Gasteiger partial charge in [0.2, 0.25) is 0 Å². The Labute approximate surface area is 82.9 Å². The van der Waals surface area contributed by atoms with Crippen LogP contribution in [0.3, 0.4) is 0 Å². The van der Waals surface area contributed by atoms with Gasteiger partial charge in [-0.25, -0.2) is 0 Å². The predicted octanol–water partition coefficient (Wildman–Crippen LogP) is 2.10. The van der Waals surface area contributed by atoms with Crippen LogP contribution in [0.2, 0.25) is 0 Å². The van der Waals surface area contributed by atoms with E-state index in [1.165, 1.54) is 0 Å². The highest BCUT2D eigenvalue weighted by Gasteiger charge is 1.98. The molecule has 0 bridgehead atoms. The summed E-state index contributed by atoms with van der Waals surface area (Å²) in [6.45, 7) is 2.06. The lowest BCUT2D eigenvalue weighted by Gasteiger charge is -1.99. The van der Waals surface area contributed by atoms with Gasteiger partial charge in [-0.15, -0.1) is 0 Å². The predicted molar refractivity (Wildman–Crippen MR) is 54.6 cm³/mol. The second-order valence-corrected chi connectivity index (χ2v) is 2.99. The van der Waals surface area contributed by atoms with Gasteiger partial charge >= 0.3 is 0 Å². The number of hydrogen-bond acceptors (Lipinski definition) is 3. The number of hydrogen-bond donors (Lipinski definition) is 0. The van der Waals surface area contributed by atoms with E-state index in [0.717, 1.165) is 23.4 Å². The van der Waals surface area contributed by atoms with Gasteiger partial charge in [-0.1, -0.05) is 6.92 Å². The summed E-state index contributed by atoms with van der Waals surface area (Å²) in [5.41, 5.74) is 2.88. The number of nitrogens with zero attached hydrogens (tertiary/aromatic N) is 3. The van der Waals surface area contributed by atoms with Gasteiger partial charge < -0.3 is 0 Å². The zero-order chi connectivity index (χ0) is 9.80. The standard InChI is InChI=1S/C11H11N3/c1-2-10-7-14-11(8-13-10)9-4-3-5-12-6-9/h3-8H,2H2,1H3.